The van der Waals surface area contributed by atoms with Gasteiger partial charge in [-0.3, -0.25) is 9.69 Å². The minimum absolute atomic E-state index is 0.236. The molecule has 0 bridgehead atoms. The zero-order chi connectivity index (χ0) is 25.7. The van der Waals surface area contributed by atoms with E-state index in [2.05, 4.69) is 44.6 Å². The molecule has 0 saturated carbocycles. The van der Waals surface area contributed by atoms with Gasteiger partial charge in [0.1, 0.15) is 6.04 Å². The van der Waals surface area contributed by atoms with Crippen LogP contribution in [-0.4, -0.2) is 51.1 Å². The summed E-state index contributed by atoms with van der Waals surface area (Å²) in [6, 6.07) is 13.3. The third-order valence-corrected chi connectivity index (χ3v) is 7.24. The zero-order valence-electron chi connectivity index (χ0n) is 20.0. The molecule has 36 heavy (non-hydrogen) atoms. The fraction of sp³-hybridized carbons (Fsp3) is 0.346. The highest BCUT2D eigenvalue weighted by molar-refractivity contribution is 6.36. The van der Waals surface area contributed by atoms with Crippen molar-refractivity contribution in [2.24, 2.45) is 0 Å². The Balaban J connectivity index is 1.44. The molecule has 5 N–H and O–H groups in total. The topological polar surface area (TPSA) is 116 Å². The van der Waals surface area contributed by atoms with Gasteiger partial charge >= 0.3 is 5.97 Å². The Morgan fingerprint density at radius 2 is 1.94 bits per heavy atom. The van der Waals surface area contributed by atoms with E-state index < -0.39 is 12.0 Å². The summed E-state index contributed by atoms with van der Waals surface area (Å²) in [5, 5.41) is 16.8. The maximum atomic E-state index is 11.4. The molecule has 190 valence electrons. The third-order valence-electron chi connectivity index (χ3n) is 6.53. The van der Waals surface area contributed by atoms with E-state index in [0.717, 1.165) is 36.2 Å². The number of nitrogens with one attached hydrogen (secondary N) is 2. The number of benzene rings is 2. The summed E-state index contributed by atoms with van der Waals surface area (Å²) < 4.78 is 0. The first kappa shape index (κ1) is 26.2. The number of anilines is 2. The average Bonchev–Trinajstić information content (AvgIpc) is 2.88. The first-order valence-corrected chi connectivity index (χ1v) is 12.7. The standard InChI is InChI=1S/C26H30Cl2N6O2/c1-2-34(18-10-11-30-22(12-18)26(35)36)15-16-6-8-17(9-7-16)23-14-31-24(29)25(33-23)32-13-19-20(27)4-3-5-21(19)28/h3-9,14,18,22,30H,2,10-13,15H2,1H3,(H2,29,31)(H,32,33)(H,35,36)/t18?,22-/m1/s1. The minimum atomic E-state index is -0.784. The van der Waals surface area contributed by atoms with Crippen LogP contribution < -0.4 is 16.4 Å². The van der Waals surface area contributed by atoms with Crippen LogP contribution in [0.5, 0.6) is 0 Å². The predicted molar refractivity (Wildman–Crippen MR) is 144 cm³/mol. The Hall–Kier alpha value is -2.91. The van der Waals surface area contributed by atoms with Crippen LogP contribution in [0.3, 0.4) is 0 Å². The van der Waals surface area contributed by atoms with Crippen LogP contribution in [0.25, 0.3) is 11.3 Å². The van der Waals surface area contributed by atoms with E-state index in [1.807, 2.05) is 12.1 Å². The number of nitrogens with two attached hydrogens (primary N) is 1. The Bertz CT molecular complexity index is 1190. The molecule has 1 saturated heterocycles. The number of carbonyl (C=O) groups is 1. The monoisotopic (exact) mass is 528 g/mol. The van der Waals surface area contributed by atoms with Gasteiger partial charge in [0.15, 0.2) is 11.6 Å². The van der Waals surface area contributed by atoms with Crippen LogP contribution in [0.1, 0.15) is 30.9 Å². The quantitative estimate of drug-likeness (QED) is 0.316. The SMILES string of the molecule is CCN(Cc1ccc(-c2cnc(N)c(NCc3c(Cl)cccc3Cl)n2)cc1)C1CCN[C@@H](C(=O)O)C1. The van der Waals surface area contributed by atoms with E-state index in [0.29, 0.717) is 46.9 Å². The van der Waals surface area contributed by atoms with Crippen molar-refractivity contribution in [1.82, 2.24) is 20.2 Å². The maximum Gasteiger partial charge on any atom is 0.320 e. The van der Waals surface area contributed by atoms with Crippen molar-refractivity contribution in [3.8, 4) is 11.3 Å². The molecule has 8 nitrogen and oxygen atoms in total. The fourth-order valence-electron chi connectivity index (χ4n) is 4.47. The first-order chi connectivity index (χ1) is 17.4. The molecule has 0 amide bonds. The van der Waals surface area contributed by atoms with E-state index >= 15 is 0 Å². The van der Waals surface area contributed by atoms with Crippen LogP contribution in [0.2, 0.25) is 10.0 Å². The third kappa shape index (κ3) is 6.25. The summed E-state index contributed by atoms with van der Waals surface area (Å²) in [7, 11) is 0. The van der Waals surface area contributed by atoms with Crippen molar-refractivity contribution < 1.29 is 9.90 Å². The summed E-state index contributed by atoms with van der Waals surface area (Å²) in [5.41, 5.74) is 9.58. The van der Waals surface area contributed by atoms with Gasteiger partial charge in [-0.05, 0) is 43.6 Å². The van der Waals surface area contributed by atoms with Crippen LogP contribution in [-0.2, 0) is 17.9 Å². The number of nitrogen functional groups attached to an aromatic ring is 1. The Morgan fingerprint density at radius 3 is 2.61 bits per heavy atom. The van der Waals surface area contributed by atoms with E-state index in [1.165, 1.54) is 0 Å². The zero-order valence-corrected chi connectivity index (χ0v) is 21.6. The number of hydrogen-bond donors (Lipinski definition) is 4. The van der Waals surface area contributed by atoms with Gasteiger partial charge in [0.25, 0.3) is 0 Å². The van der Waals surface area contributed by atoms with Crippen LogP contribution >= 0.6 is 23.2 Å². The number of rotatable bonds is 9. The van der Waals surface area contributed by atoms with Crippen molar-refractivity contribution in [2.45, 2.75) is 44.9 Å². The van der Waals surface area contributed by atoms with Gasteiger partial charge in [0, 0.05) is 40.3 Å². The summed E-state index contributed by atoms with van der Waals surface area (Å²) in [6.07, 6.45) is 3.20. The highest BCUT2D eigenvalue weighted by Gasteiger charge is 2.29. The van der Waals surface area contributed by atoms with Crippen LogP contribution in [0.4, 0.5) is 11.6 Å². The van der Waals surface area contributed by atoms with E-state index in [-0.39, 0.29) is 6.04 Å². The van der Waals surface area contributed by atoms with Crippen molar-refractivity contribution >= 4 is 40.8 Å². The molecule has 2 heterocycles. The van der Waals surface area contributed by atoms with Crippen LogP contribution in [0.15, 0.2) is 48.7 Å². The van der Waals surface area contributed by atoms with Gasteiger partial charge in [-0.2, -0.15) is 0 Å². The lowest BCUT2D eigenvalue weighted by atomic mass is 9.97. The lowest BCUT2D eigenvalue weighted by Crippen LogP contribution is -2.50. The molecule has 10 heteroatoms. The number of carboxylic acids is 1. The smallest absolute Gasteiger partial charge is 0.320 e. The molecule has 1 aromatic heterocycles. The van der Waals surface area contributed by atoms with Crippen molar-refractivity contribution in [3.05, 3.63) is 69.8 Å². The summed E-state index contributed by atoms with van der Waals surface area (Å²) in [5.74, 6) is -0.0316. The van der Waals surface area contributed by atoms with Gasteiger partial charge in [0.2, 0.25) is 0 Å². The highest BCUT2D eigenvalue weighted by atomic mass is 35.5. The first-order valence-electron chi connectivity index (χ1n) is 11.9. The molecule has 3 aromatic rings. The minimum Gasteiger partial charge on any atom is -0.480 e. The molecule has 1 fully saturated rings. The van der Waals surface area contributed by atoms with E-state index in [1.54, 1.807) is 24.4 Å². The maximum absolute atomic E-state index is 11.4. The van der Waals surface area contributed by atoms with Gasteiger partial charge in [-0.1, -0.05) is 60.5 Å². The Morgan fingerprint density at radius 1 is 1.22 bits per heavy atom. The number of aliphatic carboxylic acids is 1. The van der Waals surface area contributed by atoms with E-state index in [9.17, 15) is 9.90 Å². The van der Waals surface area contributed by atoms with E-state index in [4.69, 9.17) is 28.9 Å². The van der Waals surface area contributed by atoms with Crippen molar-refractivity contribution in [1.29, 1.82) is 0 Å². The second-order valence-electron chi connectivity index (χ2n) is 8.83. The van der Waals surface area contributed by atoms with Crippen LogP contribution in [0, 0.1) is 0 Å². The normalized spacial score (nSPS) is 17.8. The molecule has 2 atom stereocenters. The Labute approximate surface area is 220 Å². The molecule has 2 aromatic carbocycles. The molecule has 4 rings (SSSR count). The van der Waals surface area contributed by atoms with Gasteiger partial charge in [-0.25, -0.2) is 9.97 Å². The van der Waals surface area contributed by atoms with Gasteiger partial charge in [-0.15, -0.1) is 0 Å². The molecule has 1 aliphatic heterocycles. The van der Waals surface area contributed by atoms with Crippen molar-refractivity contribution in [2.75, 3.05) is 24.1 Å². The molecular weight excluding hydrogens is 499 g/mol. The second kappa shape index (κ2) is 11.9. The predicted octanol–water partition coefficient (Wildman–Crippen LogP) is 4.67. The van der Waals surface area contributed by atoms with Gasteiger partial charge in [0.05, 0.1) is 11.9 Å². The van der Waals surface area contributed by atoms with Gasteiger partial charge < -0.3 is 21.5 Å². The molecule has 1 unspecified atom stereocenters. The number of hydrogen-bond acceptors (Lipinski definition) is 7. The second-order valence-corrected chi connectivity index (χ2v) is 9.64. The number of nitrogens with zero attached hydrogens (tertiary/aromatic N) is 3. The number of piperidine rings is 1. The average molecular weight is 529 g/mol. The molecular formula is C26H30Cl2N6O2. The number of aromatic nitrogens is 2. The molecule has 1 aliphatic rings. The highest BCUT2D eigenvalue weighted by Crippen LogP contribution is 2.27. The fourth-order valence-corrected chi connectivity index (χ4v) is 5.00. The lowest BCUT2D eigenvalue weighted by molar-refractivity contribution is -0.140. The number of carboxylic acid groups (broad SMARTS) is 1. The van der Waals surface area contributed by atoms with Crippen molar-refractivity contribution in [3.63, 3.8) is 0 Å². The molecule has 0 spiro atoms. The number of halogens is 2. The lowest BCUT2D eigenvalue weighted by Gasteiger charge is -2.36. The molecule has 0 radical (unpaired) electrons. The molecule has 0 aliphatic carbocycles. The summed E-state index contributed by atoms with van der Waals surface area (Å²) in [4.78, 5) is 22.7. The largest absolute Gasteiger partial charge is 0.480 e. The summed E-state index contributed by atoms with van der Waals surface area (Å²) >= 11 is 12.5. The summed E-state index contributed by atoms with van der Waals surface area (Å²) in [6.45, 7) is 4.80. The Kier molecular flexibility index (Phi) is 8.64.